The van der Waals surface area contributed by atoms with Crippen LogP contribution in [0.25, 0.3) is 16.6 Å². The smallest absolute Gasteiger partial charge is 0.319 e. The number of nitrogens with one attached hydrogen (secondary N) is 2. The first-order valence-corrected chi connectivity index (χ1v) is 15.6. The van der Waals surface area contributed by atoms with E-state index in [1.165, 1.54) is 4.57 Å². The largest absolute Gasteiger partial charge is 0.406 e. The highest BCUT2D eigenvalue weighted by atomic mass is 35.5. The van der Waals surface area contributed by atoms with E-state index in [2.05, 4.69) is 52.2 Å². The van der Waals surface area contributed by atoms with Crippen LogP contribution in [-0.4, -0.2) is 42.2 Å². The molecule has 0 fully saturated rings. The Kier molecular flexibility index (Phi) is 9.75. The molecule has 0 radical (unpaired) electrons. The molecule has 2 aromatic carbocycles. The van der Waals surface area contributed by atoms with Crippen molar-refractivity contribution in [1.29, 1.82) is 0 Å². The van der Waals surface area contributed by atoms with E-state index in [4.69, 9.17) is 26.1 Å². The van der Waals surface area contributed by atoms with Crippen LogP contribution in [0.15, 0.2) is 47.3 Å². The first kappa shape index (κ1) is 29.8. The molecule has 10 heteroatoms. The van der Waals surface area contributed by atoms with Gasteiger partial charge in [0.1, 0.15) is 11.9 Å². The van der Waals surface area contributed by atoms with Crippen molar-refractivity contribution in [1.82, 2.24) is 14.9 Å². The lowest BCUT2D eigenvalue weighted by molar-refractivity contribution is 0.183. The van der Waals surface area contributed by atoms with Gasteiger partial charge in [-0.15, -0.1) is 0 Å². The van der Waals surface area contributed by atoms with Crippen molar-refractivity contribution in [2.45, 2.75) is 71.2 Å². The number of carbonyl (C=O) groups excluding carboxylic acids is 1. The number of hydrogen-bond donors (Lipinski definition) is 3. The highest BCUT2D eigenvalue weighted by Crippen LogP contribution is 2.45. The highest BCUT2D eigenvalue weighted by Gasteiger charge is 2.46. The summed E-state index contributed by atoms with van der Waals surface area (Å²) < 4.78 is 8.56. The van der Waals surface area contributed by atoms with E-state index < -0.39 is 20.5 Å². The van der Waals surface area contributed by atoms with Gasteiger partial charge in [-0.2, -0.15) is 0 Å². The Balaban J connectivity index is 2.21. The Morgan fingerprint density at radius 2 is 1.68 bits per heavy atom. The molecule has 38 heavy (non-hydrogen) atoms. The summed E-state index contributed by atoms with van der Waals surface area (Å²) in [6.45, 7) is 15.2. The van der Waals surface area contributed by atoms with Crippen LogP contribution in [0.1, 0.15) is 60.4 Å². The number of nitrogens with zero attached hydrogens (tertiary/aromatic N) is 2. The van der Waals surface area contributed by atoms with Gasteiger partial charge in [0.05, 0.1) is 28.2 Å². The number of urea groups is 1. The Hall–Kier alpha value is -2.72. The molecule has 2 amide bonds. The molecule has 3 N–H and O–H groups in total. The molecule has 1 atom stereocenters. The molecule has 0 unspecified atom stereocenters. The number of benzene rings is 2. The molecule has 8 nitrogen and oxygen atoms in total. The van der Waals surface area contributed by atoms with Crippen LogP contribution in [0.4, 0.5) is 10.5 Å². The van der Waals surface area contributed by atoms with Crippen LogP contribution < -0.4 is 16.2 Å². The monoisotopic (exact) mass is 558 g/mol. The predicted molar refractivity (Wildman–Crippen MR) is 157 cm³/mol. The quantitative estimate of drug-likeness (QED) is 0.249. The molecule has 0 aliphatic heterocycles. The Morgan fingerprint density at radius 1 is 1.05 bits per heavy atom. The third kappa shape index (κ3) is 5.96. The fraction of sp³-hybridized carbons (Fsp3) is 0.464. The van der Waals surface area contributed by atoms with Crippen LogP contribution >= 0.6 is 11.6 Å². The minimum atomic E-state index is -2.31. The van der Waals surface area contributed by atoms with Crippen LogP contribution in [0.3, 0.4) is 0 Å². The molecule has 0 saturated carbocycles. The standard InChI is InChI=1S/C28H39ClN4O4Si/c1-17(2)38(18(3)4,19(5)6)37-20(7)26-32-24-13-9-12-23(29)25(24)27(35)33(26)22-11-8-10-21(16-22)31-28(36)30-14-15-34/h8-13,16-20,34H,14-15H2,1-7H3,(H2,30,31,36)/t20-/m0/s1. The average molecular weight is 559 g/mol. The fourth-order valence-electron chi connectivity index (χ4n) is 5.56. The number of halogens is 1. The van der Waals surface area contributed by atoms with Gasteiger partial charge in [-0.1, -0.05) is 65.3 Å². The average Bonchev–Trinajstić information content (AvgIpc) is 2.85. The van der Waals surface area contributed by atoms with Gasteiger partial charge in [0.25, 0.3) is 5.56 Å². The van der Waals surface area contributed by atoms with Gasteiger partial charge < -0.3 is 20.2 Å². The van der Waals surface area contributed by atoms with Crippen molar-refractivity contribution in [3.05, 3.63) is 63.7 Å². The maximum atomic E-state index is 14.0. The van der Waals surface area contributed by atoms with Crippen LogP contribution in [0, 0.1) is 0 Å². The van der Waals surface area contributed by atoms with Crippen molar-refractivity contribution in [2.24, 2.45) is 0 Å². The van der Waals surface area contributed by atoms with Crippen LogP contribution in [-0.2, 0) is 4.43 Å². The normalized spacial score (nSPS) is 12.9. The molecule has 3 aromatic rings. The van der Waals surface area contributed by atoms with E-state index in [1.54, 1.807) is 42.5 Å². The molecule has 0 saturated heterocycles. The second-order valence-corrected chi connectivity index (χ2v) is 16.3. The zero-order chi connectivity index (χ0) is 28.2. The summed E-state index contributed by atoms with van der Waals surface area (Å²) in [5.41, 5.74) is 2.27. The number of hydrogen-bond acceptors (Lipinski definition) is 5. The van der Waals surface area contributed by atoms with Gasteiger partial charge in [0.2, 0.25) is 8.32 Å². The molecule has 1 heterocycles. The van der Waals surface area contributed by atoms with E-state index >= 15 is 0 Å². The third-order valence-electron chi connectivity index (χ3n) is 7.08. The molecule has 0 bridgehead atoms. The van der Waals surface area contributed by atoms with E-state index in [-0.39, 0.29) is 18.7 Å². The maximum Gasteiger partial charge on any atom is 0.319 e. The summed E-state index contributed by atoms with van der Waals surface area (Å²) in [5.74, 6) is 0.477. The molecular weight excluding hydrogens is 520 g/mol. The van der Waals surface area contributed by atoms with Crippen molar-refractivity contribution >= 4 is 42.5 Å². The lowest BCUT2D eigenvalue weighted by atomic mass is 10.2. The SMILES string of the molecule is CC(C)[Si](O[C@@H](C)c1nc2cccc(Cl)c2c(=O)n1-c1cccc(NC(=O)NCCO)c1)(C(C)C)C(C)C. The first-order chi connectivity index (χ1) is 17.9. The number of amides is 2. The van der Waals surface area contributed by atoms with Crippen LogP contribution in [0.5, 0.6) is 0 Å². The van der Waals surface area contributed by atoms with Crippen LogP contribution in [0.2, 0.25) is 21.6 Å². The van der Waals surface area contributed by atoms with Gasteiger partial charge in [-0.3, -0.25) is 9.36 Å². The van der Waals surface area contributed by atoms with E-state index in [1.807, 2.05) is 6.92 Å². The van der Waals surface area contributed by atoms with Gasteiger partial charge in [0.15, 0.2) is 0 Å². The molecule has 206 valence electrons. The number of aliphatic hydroxyl groups excluding tert-OH is 1. The molecule has 0 aliphatic rings. The minimum absolute atomic E-state index is 0.129. The summed E-state index contributed by atoms with van der Waals surface area (Å²) in [6.07, 6.45) is -0.477. The lowest BCUT2D eigenvalue weighted by Crippen LogP contribution is -2.48. The number of carbonyl (C=O) groups is 1. The second-order valence-electron chi connectivity index (χ2n) is 10.5. The van der Waals surface area contributed by atoms with Crippen molar-refractivity contribution in [2.75, 3.05) is 18.5 Å². The number of aliphatic hydroxyl groups is 1. The first-order valence-electron chi connectivity index (χ1n) is 13.1. The van der Waals surface area contributed by atoms with Gasteiger partial charge >= 0.3 is 6.03 Å². The lowest BCUT2D eigenvalue weighted by Gasteiger charge is -2.44. The molecule has 1 aromatic heterocycles. The summed E-state index contributed by atoms with van der Waals surface area (Å²) in [7, 11) is -2.31. The van der Waals surface area contributed by atoms with Gasteiger partial charge in [-0.25, -0.2) is 9.78 Å². The van der Waals surface area contributed by atoms with Crippen molar-refractivity contribution in [3.8, 4) is 5.69 Å². The van der Waals surface area contributed by atoms with E-state index in [0.717, 1.165) is 0 Å². The zero-order valence-corrected chi connectivity index (χ0v) is 25.0. The second kappa shape index (κ2) is 12.4. The Bertz CT molecular complexity index is 1320. The fourth-order valence-corrected chi connectivity index (χ4v) is 11.3. The Morgan fingerprint density at radius 3 is 2.29 bits per heavy atom. The minimum Gasteiger partial charge on any atom is -0.406 e. The van der Waals surface area contributed by atoms with Gasteiger partial charge in [-0.05, 0) is 53.9 Å². The molecule has 0 aliphatic carbocycles. The number of anilines is 1. The van der Waals surface area contributed by atoms with Gasteiger partial charge in [0, 0.05) is 12.2 Å². The summed E-state index contributed by atoms with van der Waals surface area (Å²) >= 11 is 6.47. The highest BCUT2D eigenvalue weighted by molar-refractivity contribution is 6.77. The zero-order valence-electron chi connectivity index (χ0n) is 23.2. The topological polar surface area (TPSA) is 105 Å². The number of rotatable bonds is 10. The molecule has 3 rings (SSSR count). The van der Waals surface area contributed by atoms with E-state index in [9.17, 15) is 9.59 Å². The predicted octanol–water partition coefficient (Wildman–Crippen LogP) is 6.41. The summed E-state index contributed by atoms with van der Waals surface area (Å²) in [5, 5.41) is 14.9. The molecular formula is C28H39ClN4O4Si. The third-order valence-corrected chi connectivity index (χ3v) is 13.6. The molecule has 0 spiro atoms. The maximum absolute atomic E-state index is 14.0. The Labute approximate surface area is 230 Å². The van der Waals surface area contributed by atoms with Crippen molar-refractivity contribution in [3.63, 3.8) is 0 Å². The summed E-state index contributed by atoms with van der Waals surface area (Å²) in [6, 6.07) is 11.8. The summed E-state index contributed by atoms with van der Waals surface area (Å²) in [4.78, 5) is 31.1. The number of fused-ring (bicyclic) bond motifs is 1. The van der Waals surface area contributed by atoms with E-state index in [0.29, 0.717) is 49.7 Å². The number of aromatic nitrogens is 2. The van der Waals surface area contributed by atoms with Crippen molar-refractivity contribution < 1.29 is 14.3 Å².